The summed E-state index contributed by atoms with van der Waals surface area (Å²) >= 11 is 0. The van der Waals surface area contributed by atoms with Gasteiger partial charge < -0.3 is 15.4 Å². The van der Waals surface area contributed by atoms with E-state index in [1.165, 1.54) is 0 Å². The summed E-state index contributed by atoms with van der Waals surface area (Å²) in [5.74, 6) is 0.789. The molecule has 1 aliphatic carbocycles. The average Bonchev–Trinajstić information content (AvgIpc) is 3.01. The van der Waals surface area contributed by atoms with Crippen molar-refractivity contribution in [2.75, 3.05) is 17.7 Å². The first-order chi connectivity index (χ1) is 16.4. The average molecular weight is 456 g/mol. The predicted octanol–water partition coefficient (Wildman–Crippen LogP) is 5.89. The zero-order valence-corrected chi connectivity index (χ0v) is 19.0. The summed E-state index contributed by atoms with van der Waals surface area (Å²) in [5.41, 5.74) is 5.57. The number of Topliss-reactive ketones (excluding diaryl/α,β-unsaturated/α-hetero) is 1. The molecule has 172 valence electrons. The molecule has 2 unspecified atom stereocenters. The van der Waals surface area contributed by atoms with Gasteiger partial charge in [0.05, 0.1) is 29.4 Å². The van der Waals surface area contributed by atoms with E-state index >= 15 is 0 Å². The van der Waals surface area contributed by atoms with Gasteiger partial charge in [-0.3, -0.25) is 14.9 Å². The van der Waals surface area contributed by atoms with Gasteiger partial charge in [0.1, 0.15) is 5.75 Å². The summed E-state index contributed by atoms with van der Waals surface area (Å²) in [4.78, 5) is 24.9. The lowest BCUT2D eigenvalue weighted by atomic mass is 9.78. The van der Waals surface area contributed by atoms with Crippen molar-refractivity contribution >= 4 is 22.8 Å². The maximum Gasteiger partial charge on any atom is 0.272 e. The van der Waals surface area contributed by atoms with E-state index in [0.29, 0.717) is 29.5 Å². The summed E-state index contributed by atoms with van der Waals surface area (Å²) in [6.45, 7) is 1.72. The molecule has 0 radical (unpaired) electrons. The van der Waals surface area contributed by atoms with Crippen molar-refractivity contribution in [1.82, 2.24) is 0 Å². The van der Waals surface area contributed by atoms with Crippen LogP contribution in [0.2, 0.25) is 0 Å². The van der Waals surface area contributed by atoms with Crippen LogP contribution in [0.15, 0.2) is 78.0 Å². The van der Waals surface area contributed by atoms with Crippen molar-refractivity contribution < 1.29 is 14.5 Å². The van der Waals surface area contributed by atoms with Gasteiger partial charge in [-0.1, -0.05) is 36.4 Å². The van der Waals surface area contributed by atoms with Gasteiger partial charge in [0.25, 0.3) is 5.69 Å². The minimum Gasteiger partial charge on any atom is -0.497 e. The Morgan fingerprint density at radius 1 is 0.971 bits per heavy atom. The summed E-state index contributed by atoms with van der Waals surface area (Å²) < 4.78 is 5.38. The molecular formula is C27H25N3O4. The molecule has 0 saturated carbocycles. The highest BCUT2D eigenvalue weighted by Gasteiger charge is 2.36. The second-order valence-corrected chi connectivity index (χ2v) is 8.75. The number of nitrogens with zero attached hydrogens (tertiary/aromatic N) is 1. The molecule has 7 nitrogen and oxygen atoms in total. The predicted molar refractivity (Wildman–Crippen MR) is 131 cm³/mol. The number of methoxy groups -OCH3 is 1. The minimum absolute atomic E-state index is 0.00659. The van der Waals surface area contributed by atoms with E-state index in [1.807, 2.05) is 54.6 Å². The van der Waals surface area contributed by atoms with E-state index < -0.39 is 6.04 Å². The third-order valence-corrected chi connectivity index (χ3v) is 6.64. The number of fused-ring (bicyclic) bond motifs is 1. The van der Waals surface area contributed by atoms with E-state index in [-0.39, 0.29) is 22.3 Å². The summed E-state index contributed by atoms with van der Waals surface area (Å²) in [6.07, 6.45) is 1.00. The third kappa shape index (κ3) is 3.90. The highest BCUT2D eigenvalue weighted by molar-refractivity contribution is 6.01. The lowest BCUT2D eigenvalue weighted by Crippen LogP contribution is -2.27. The number of para-hydroxylation sites is 2. The largest absolute Gasteiger partial charge is 0.497 e. The summed E-state index contributed by atoms with van der Waals surface area (Å²) in [6, 6.07) is 20.3. The highest BCUT2D eigenvalue weighted by Crippen LogP contribution is 2.45. The number of hydrogen-bond donors (Lipinski definition) is 2. The first-order valence-corrected chi connectivity index (χ1v) is 11.2. The van der Waals surface area contributed by atoms with Crippen molar-refractivity contribution in [3.63, 3.8) is 0 Å². The van der Waals surface area contributed by atoms with E-state index in [4.69, 9.17) is 4.74 Å². The van der Waals surface area contributed by atoms with E-state index in [0.717, 1.165) is 28.4 Å². The Labute approximate surface area is 197 Å². The van der Waals surface area contributed by atoms with Crippen LogP contribution >= 0.6 is 0 Å². The first-order valence-electron chi connectivity index (χ1n) is 11.2. The van der Waals surface area contributed by atoms with Crippen molar-refractivity contribution in [2.24, 2.45) is 0 Å². The second-order valence-electron chi connectivity index (χ2n) is 8.75. The zero-order valence-electron chi connectivity index (χ0n) is 19.0. The van der Waals surface area contributed by atoms with Crippen molar-refractivity contribution in [1.29, 1.82) is 0 Å². The Hall–Kier alpha value is -4.13. The van der Waals surface area contributed by atoms with Crippen LogP contribution in [0.1, 0.15) is 41.5 Å². The van der Waals surface area contributed by atoms with Gasteiger partial charge in [0.15, 0.2) is 5.78 Å². The molecule has 2 N–H and O–H groups in total. The van der Waals surface area contributed by atoms with Crippen LogP contribution in [0.4, 0.5) is 17.1 Å². The fourth-order valence-electron chi connectivity index (χ4n) is 4.88. The van der Waals surface area contributed by atoms with Gasteiger partial charge in [0, 0.05) is 29.3 Å². The molecular weight excluding hydrogens is 430 g/mol. The molecule has 3 aromatic carbocycles. The number of rotatable bonds is 4. The van der Waals surface area contributed by atoms with Gasteiger partial charge >= 0.3 is 0 Å². The zero-order chi connectivity index (χ0) is 23.8. The van der Waals surface area contributed by atoms with Crippen LogP contribution in [-0.4, -0.2) is 17.8 Å². The molecule has 1 heterocycles. The fourth-order valence-corrected chi connectivity index (χ4v) is 4.88. The molecule has 3 aromatic rings. The maximum atomic E-state index is 13.6. The minimum atomic E-state index is -0.496. The Morgan fingerprint density at radius 3 is 2.53 bits per heavy atom. The number of hydrogen-bond acceptors (Lipinski definition) is 6. The smallest absolute Gasteiger partial charge is 0.272 e. The van der Waals surface area contributed by atoms with Gasteiger partial charge in [-0.25, -0.2) is 0 Å². The lowest BCUT2D eigenvalue weighted by molar-refractivity contribution is -0.385. The van der Waals surface area contributed by atoms with Crippen molar-refractivity contribution in [3.05, 3.63) is 105 Å². The molecule has 0 bridgehead atoms. The normalized spacial score (nSPS) is 19.3. The number of nitrogens with one attached hydrogen (secondary N) is 2. The van der Waals surface area contributed by atoms with Gasteiger partial charge in [-0.2, -0.15) is 0 Å². The van der Waals surface area contributed by atoms with Crippen molar-refractivity contribution in [2.45, 2.75) is 31.7 Å². The number of ether oxygens (including phenoxy) is 1. The van der Waals surface area contributed by atoms with Crippen LogP contribution < -0.4 is 15.4 Å². The summed E-state index contributed by atoms with van der Waals surface area (Å²) in [5, 5.41) is 18.6. The molecule has 0 amide bonds. The monoisotopic (exact) mass is 455 g/mol. The molecule has 0 spiro atoms. The van der Waals surface area contributed by atoms with Gasteiger partial charge in [-0.15, -0.1) is 0 Å². The standard InChI is InChI=1S/C27H25N3O4/c1-16-10-11-18(14-24(16)30(32)33)27-26-23(28-21-8-3-4-9-22(21)29-27)13-19(15-25(26)31)17-6-5-7-20(12-17)34-2/h3-12,14,19,27-29H,13,15H2,1-2H3. The first kappa shape index (κ1) is 21.7. The number of benzene rings is 3. The molecule has 2 atom stereocenters. The number of anilines is 2. The highest BCUT2D eigenvalue weighted by atomic mass is 16.6. The van der Waals surface area contributed by atoms with Gasteiger partial charge in [0.2, 0.25) is 0 Å². The van der Waals surface area contributed by atoms with Crippen LogP contribution in [0.25, 0.3) is 0 Å². The molecule has 0 aromatic heterocycles. The van der Waals surface area contributed by atoms with E-state index in [1.54, 1.807) is 26.2 Å². The second kappa shape index (κ2) is 8.67. The lowest BCUT2D eigenvalue weighted by Gasteiger charge is -2.30. The fraction of sp³-hybridized carbons (Fsp3) is 0.222. The molecule has 0 saturated heterocycles. The van der Waals surface area contributed by atoms with Gasteiger partial charge in [-0.05, 0) is 54.7 Å². The molecule has 1 aliphatic heterocycles. The van der Waals surface area contributed by atoms with Crippen LogP contribution in [0.5, 0.6) is 5.75 Å². The number of nitro benzene ring substituents is 1. The Morgan fingerprint density at radius 2 is 1.76 bits per heavy atom. The Balaban J connectivity index is 1.62. The van der Waals surface area contributed by atoms with Crippen molar-refractivity contribution in [3.8, 4) is 5.75 Å². The maximum absolute atomic E-state index is 13.6. The number of allylic oxidation sites excluding steroid dienone is 1. The van der Waals surface area contributed by atoms with E-state index in [9.17, 15) is 14.9 Å². The number of aryl methyl sites for hydroxylation is 1. The topological polar surface area (TPSA) is 93.5 Å². The molecule has 2 aliphatic rings. The van der Waals surface area contributed by atoms with E-state index in [2.05, 4.69) is 10.6 Å². The van der Waals surface area contributed by atoms with Crippen LogP contribution in [0, 0.1) is 17.0 Å². The number of nitro groups is 1. The molecule has 5 rings (SSSR count). The Kier molecular flexibility index (Phi) is 5.53. The Bertz CT molecular complexity index is 1330. The number of ketones is 1. The molecule has 34 heavy (non-hydrogen) atoms. The summed E-state index contributed by atoms with van der Waals surface area (Å²) in [7, 11) is 1.63. The third-order valence-electron chi connectivity index (χ3n) is 6.64. The van der Waals surface area contributed by atoms with Crippen LogP contribution in [0.3, 0.4) is 0 Å². The number of carbonyl (C=O) groups excluding carboxylic acids is 1. The van der Waals surface area contributed by atoms with Crippen LogP contribution in [-0.2, 0) is 4.79 Å². The quantitative estimate of drug-likeness (QED) is 0.376. The number of carbonyl (C=O) groups is 1. The molecule has 7 heteroatoms. The molecule has 0 fully saturated rings. The SMILES string of the molecule is COc1cccc(C2CC(=O)C3=C(C2)Nc2ccccc2NC3c2ccc(C)c([N+](=O)[O-])c2)c1.